The largest absolute Gasteiger partial charge is 0.338 e. The van der Waals surface area contributed by atoms with Crippen molar-refractivity contribution in [2.75, 3.05) is 44.2 Å². The number of hydrogen-bond donors (Lipinski definition) is 0. The van der Waals surface area contributed by atoms with E-state index in [1.807, 2.05) is 11.1 Å². The SMILES string of the molecule is O=C(/C=C/c1ccc(F)cc1)N1CCc2cnc(N3CCN(C4CCC4)CC3)nc2CC1. The molecule has 5 rings (SSSR count). The fraction of sp³-hybridized carbons (Fsp3) is 0.480. The van der Waals surface area contributed by atoms with Gasteiger partial charge in [0.25, 0.3) is 0 Å². The molecule has 6 nitrogen and oxygen atoms in total. The molecular formula is C25H30FN5O. The highest BCUT2D eigenvalue weighted by atomic mass is 19.1. The smallest absolute Gasteiger partial charge is 0.246 e. The fourth-order valence-electron chi connectivity index (χ4n) is 4.72. The molecule has 0 atom stereocenters. The number of piperazine rings is 1. The maximum absolute atomic E-state index is 13.0. The number of aromatic nitrogens is 2. The molecular weight excluding hydrogens is 405 g/mol. The molecule has 0 radical (unpaired) electrons. The molecule has 7 heteroatoms. The second-order valence-corrected chi connectivity index (χ2v) is 8.96. The van der Waals surface area contributed by atoms with Gasteiger partial charge in [-0.25, -0.2) is 14.4 Å². The van der Waals surface area contributed by atoms with Gasteiger partial charge in [-0.3, -0.25) is 9.69 Å². The van der Waals surface area contributed by atoms with Crippen molar-refractivity contribution < 1.29 is 9.18 Å². The molecule has 2 aromatic rings. The van der Waals surface area contributed by atoms with E-state index < -0.39 is 0 Å². The molecule has 2 aliphatic heterocycles. The summed E-state index contributed by atoms with van der Waals surface area (Å²) < 4.78 is 13.0. The molecule has 168 valence electrons. The molecule has 3 heterocycles. The van der Waals surface area contributed by atoms with Gasteiger partial charge in [-0.15, -0.1) is 0 Å². The van der Waals surface area contributed by atoms with E-state index in [1.165, 1.54) is 31.4 Å². The van der Waals surface area contributed by atoms with Gasteiger partial charge < -0.3 is 9.80 Å². The van der Waals surface area contributed by atoms with Crippen molar-refractivity contribution in [1.82, 2.24) is 19.8 Å². The van der Waals surface area contributed by atoms with Crippen LogP contribution in [0.1, 0.15) is 36.1 Å². The van der Waals surface area contributed by atoms with E-state index >= 15 is 0 Å². The number of carbonyl (C=O) groups is 1. The summed E-state index contributed by atoms with van der Waals surface area (Å²) in [5.74, 6) is 0.523. The zero-order valence-electron chi connectivity index (χ0n) is 18.4. The summed E-state index contributed by atoms with van der Waals surface area (Å²) in [5.41, 5.74) is 3.01. The van der Waals surface area contributed by atoms with Crippen molar-refractivity contribution in [3.8, 4) is 0 Å². The fourth-order valence-corrected chi connectivity index (χ4v) is 4.72. The lowest BCUT2D eigenvalue weighted by atomic mass is 9.91. The molecule has 0 unspecified atom stereocenters. The molecule has 0 spiro atoms. The number of amides is 1. The van der Waals surface area contributed by atoms with Gasteiger partial charge in [0.15, 0.2) is 0 Å². The van der Waals surface area contributed by atoms with Crippen LogP contribution in [-0.4, -0.2) is 71.0 Å². The third-order valence-corrected chi connectivity index (χ3v) is 7.00. The molecule has 1 saturated heterocycles. The minimum atomic E-state index is -0.278. The van der Waals surface area contributed by atoms with E-state index in [2.05, 4.69) is 14.8 Å². The maximum Gasteiger partial charge on any atom is 0.246 e. The molecule has 0 bridgehead atoms. The molecule has 3 aliphatic rings. The van der Waals surface area contributed by atoms with Crippen molar-refractivity contribution in [2.45, 2.75) is 38.1 Å². The summed E-state index contributed by atoms with van der Waals surface area (Å²) in [4.78, 5) is 29.0. The number of carbonyl (C=O) groups excluding carboxylic acids is 1. The van der Waals surface area contributed by atoms with Gasteiger partial charge in [0.2, 0.25) is 11.9 Å². The van der Waals surface area contributed by atoms with Crippen LogP contribution >= 0.6 is 0 Å². The standard InChI is InChI=1S/C25H30FN5O/c26-21-7-4-19(5-8-21)6-9-24(32)30-12-10-20-18-27-25(28-23(20)11-13-30)31-16-14-29(15-17-31)22-2-1-3-22/h4-9,18,22H,1-3,10-17H2/b9-6+. The predicted octanol–water partition coefficient (Wildman–Crippen LogP) is 2.93. The Balaban J connectivity index is 1.19. The van der Waals surface area contributed by atoms with Crippen LogP contribution in [-0.2, 0) is 17.6 Å². The molecule has 1 saturated carbocycles. The second kappa shape index (κ2) is 9.36. The summed E-state index contributed by atoms with van der Waals surface area (Å²) in [7, 11) is 0. The third kappa shape index (κ3) is 4.67. The van der Waals surface area contributed by atoms with E-state index in [-0.39, 0.29) is 11.7 Å². The molecule has 2 fully saturated rings. The van der Waals surface area contributed by atoms with E-state index in [4.69, 9.17) is 4.98 Å². The molecule has 32 heavy (non-hydrogen) atoms. The quantitative estimate of drug-likeness (QED) is 0.692. The Labute approximate surface area is 188 Å². The molecule has 0 N–H and O–H groups in total. The minimum absolute atomic E-state index is 0.0255. The Morgan fingerprint density at radius 2 is 1.75 bits per heavy atom. The van der Waals surface area contributed by atoms with Gasteiger partial charge in [-0.1, -0.05) is 18.6 Å². The van der Waals surface area contributed by atoms with Crippen molar-refractivity contribution in [1.29, 1.82) is 0 Å². The van der Waals surface area contributed by atoms with Gasteiger partial charge in [0.1, 0.15) is 5.82 Å². The topological polar surface area (TPSA) is 52.6 Å². The number of nitrogens with zero attached hydrogens (tertiary/aromatic N) is 5. The highest BCUT2D eigenvalue weighted by molar-refractivity contribution is 5.91. The second-order valence-electron chi connectivity index (χ2n) is 8.96. The van der Waals surface area contributed by atoms with Crippen molar-refractivity contribution in [3.63, 3.8) is 0 Å². The number of hydrogen-bond acceptors (Lipinski definition) is 5. The molecule has 1 amide bonds. The summed E-state index contributed by atoms with van der Waals surface area (Å²) in [6, 6.07) is 6.93. The number of fused-ring (bicyclic) bond motifs is 1. The van der Waals surface area contributed by atoms with Crippen LogP contribution in [0.4, 0.5) is 10.3 Å². The lowest BCUT2D eigenvalue weighted by molar-refractivity contribution is -0.125. The first-order valence-corrected chi connectivity index (χ1v) is 11.7. The summed E-state index contributed by atoms with van der Waals surface area (Å²) in [5, 5.41) is 0. The van der Waals surface area contributed by atoms with Gasteiger partial charge in [-0.2, -0.15) is 0 Å². The number of anilines is 1. The Bertz CT molecular complexity index is 980. The van der Waals surface area contributed by atoms with Gasteiger partial charge in [0, 0.05) is 64.0 Å². The molecule has 1 aromatic heterocycles. The zero-order valence-corrected chi connectivity index (χ0v) is 18.4. The van der Waals surface area contributed by atoms with Crippen LogP contribution in [0.25, 0.3) is 6.08 Å². The maximum atomic E-state index is 13.0. The van der Waals surface area contributed by atoms with Crippen LogP contribution in [0, 0.1) is 5.82 Å². The monoisotopic (exact) mass is 435 g/mol. The van der Waals surface area contributed by atoms with Crippen LogP contribution in [0.15, 0.2) is 36.5 Å². The number of rotatable bonds is 4. The van der Waals surface area contributed by atoms with Gasteiger partial charge in [0.05, 0.1) is 5.69 Å². The van der Waals surface area contributed by atoms with Gasteiger partial charge >= 0.3 is 0 Å². The van der Waals surface area contributed by atoms with E-state index in [0.29, 0.717) is 13.1 Å². The van der Waals surface area contributed by atoms with Crippen LogP contribution in [0.2, 0.25) is 0 Å². The van der Waals surface area contributed by atoms with Crippen molar-refractivity contribution in [2.24, 2.45) is 0 Å². The first-order valence-electron chi connectivity index (χ1n) is 11.7. The lowest BCUT2D eigenvalue weighted by Crippen LogP contribution is -2.52. The number of benzene rings is 1. The third-order valence-electron chi connectivity index (χ3n) is 7.00. The highest BCUT2D eigenvalue weighted by Gasteiger charge is 2.29. The predicted molar refractivity (Wildman–Crippen MR) is 123 cm³/mol. The summed E-state index contributed by atoms with van der Waals surface area (Å²) >= 11 is 0. The Hall–Kier alpha value is -2.80. The summed E-state index contributed by atoms with van der Waals surface area (Å²) in [6.45, 7) is 5.44. The number of halogens is 1. The first kappa shape index (κ1) is 21.1. The molecule has 1 aliphatic carbocycles. The van der Waals surface area contributed by atoms with Crippen molar-refractivity contribution in [3.05, 3.63) is 59.2 Å². The van der Waals surface area contributed by atoms with E-state index in [1.54, 1.807) is 24.3 Å². The van der Waals surface area contributed by atoms with Gasteiger partial charge in [-0.05, 0) is 48.6 Å². The average Bonchev–Trinajstić information content (AvgIpc) is 3.00. The van der Waals surface area contributed by atoms with Crippen LogP contribution in [0.5, 0.6) is 0 Å². The van der Waals surface area contributed by atoms with Crippen LogP contribution < -0.4 is 4.90 Å². The van der Waals surface area contributed by atoms with E-state index in [0.717, 1.165) is 67.8 Å². The first-order chi connectivity index (χ1) is 15.7. The zero-order chi connectivity index (χ0) is 21.9. The molecule has 1 aromatic carbocycles. The summed E-state index contributed by atoms with van der Waals surface area (Å²) in [6.07, 6.45) is 10.8. The lowest BCUT2D eigenvalue weighted by Gasteiger charge is -2.43. The Morgan fingerprint density at radius 3 is 2.47 bits per heavy atom. The highest BCUT2D eigenvalue weighted by Crippen LogP contribution is 2.26. The van der Waals surface area contributed by atoms with Crippen LogP contribution in [0.3, 0.4) is 0 Å². The van der Waals surface area contributed by atoms with Crippen molar-refractivity contribution >= 4 is 17.9 Å². The Morgan fingerprint density at radius 1 is 1.00 bits per heavy atom. The average molecular weight is 436 g/mol. The Kier molecular flexibility index (Phi) is 6.17. The van der Waals surface area contributed by atoms with E-state index in [9.17, 15) is 9.18 Å². The normalized spacial score (nSPS) is 20.2. The minimum Gasteiger partial charge on any atom is -0.338 e.